The summed E-state index contributed by atoms with van der Waals surface area (Å²) in [6.45, 7) is 1.95. The van der Waals surface area contributed by atoms with E-state index in [0.29, 0.717) is 17.7 Å². The van der Waals surface area contributed by atoms with Gasteiger partial charge in [-0.2, -0.15) is 13.2 Å². The molecule has 0 bridgehead atoms. The number of halogens is 4. The molecule has 0 saturated heterocycles. The molecule has 4 nitrogen and oxygen atoms in total. The van der Waals surface area contributed by atoms with Gasteiger partial charge in [0.05, 0.1) is 12.7 Å². The third kappa shape index (κ3) is 5.79. The van der Waals surface area contributed by atoms with E-state index in [0.717, 1.165) is 18.4 Å². The minimum Gasteiger partial charge on any atom is -0.496 e. The van der Waals surface area contributed by atoms with Crippen molar-refractivity contribution in [2.24, 2.45) is 0 Å². The molecule has 1 aliphatic carbocycles. The fraction of sp³-hybridized carbons (Fsp3) is 0.458. The summed E-state index contributed by atoms with van der Waals surface area (Å²) in [6, 6.07) is 8.64. The van der Waals surface area contributed by atoms with Crippen molar-refractivity contribution in [3.8, 4) is 5.75 Å². The van der Waals surface area contributed by atoms with Crippen molar-refractivity contribution < 1.29 is 32.2 Å². The molecule has 1 saturated carbocycles. The predicted molar refractivity (Wildman–Crippen MR) is 112 cm³/mol. The highest BCUT2D eigenvalue weighted by Crippen LogP contribution is 2.40. The zero-order chi connectivity index (χ0) is 23.5. The van der Waals surface area contributed by atoms with Crippen LogP contribution in [0, 0.1) is 5.82 Å². The largest absolute Gasteiger partial charge is 0.496 e. The van der Waals surface area contributed by atoms with E-state index in [1.165, 1.54) is 31.4 Å². The third-order valence-corrected chi connectivity index (χ3v) is 6.10. The standard InChI is InChI=1S/C24H27F4NO3/c1-14(20-9-7-18(25)13-22(20)32-2)29-19-8-5-16(11-19)17-4-3-15(6-10-23(30)31)21(12-17)24(26,27)28/h3-4,7,9,12-14,16,19,29H,5-6,8,10-11H2,1-2H3,(H,30,31). The normalized spacial score (nSPS) is 19.7. The van der Waals surface area contributed by atoms with E-state index in [9.17, 15) is 22.4 Å². The molecule has 174 valence electrons. The molecule has 0 radical (unpaired) electrons. The summed E-state index contributed by atoms with van der Waals surface area (Å²) in [6.07, 6.45) is -2.80. The molecular weight excluding hydrogens is 426 g/mol. The highest BCUT2D eigenvalue weighted by molar-refractivity contribution is 5.67. The zero-order valence-electron chi connectivity index (χ0n) is 18.0. The van der Waals surface area contributed by atoms with Gasteiger partial charge in [-0.15, -0.1) is 0 Å². The van der Waals surface area contributed by atoms with Gasteiger partial charge in [0.1, 0.15) is 11.6 Å². The molecule has 0 spiro atoms. The van der Waals surface area contributed by atoms with Gasteiger partial charge in [-0.1, -0.05) is 18.2 Å². The number of aryl methyl sites for hydroxylation is 1. The van der Waals surface area contributed by atoms with Crippen molar-refractivity contribution >= 4 is 5.97 Å². The Morgan fingerprint density at radius 1 is 1.22 bits per heavy atom. The van der Waals surface area contributed by atoms with Gasteiger partial charge in [-0.25, -0.2) is 4.39 Å². The topological polar surface area (TPSA) is 58.6 Å². The van der Waals surface area contributed by atoms with E-state index in [4.69, 9.17) is 9.84 Å². The number of carboxylic acids is 1. The highest BCUT2D eigenvalue weighted by atomic mass is 19.4. The molecule has 8 heteroatoms. The Labute approximate surface area is 184 Å². The minimum atomic E-state index is -4.53. The van der Waals surface area contributed by atoms with E-state index in [1.807, 2.05) is 6.92 Å². The van der Waals surface area contributed by atoms with Crippen LogP contribution in [0.2, 0.25) is 0 Å². The van der Waals surface area contributed by atoms with E-state index in [-0.39, 0.29) is 42.2 Å². The first-order valence-electron chi connectivity index (χ1n) is 10.6. The first kappa shape index (κ1) is 24.0. The molecule has 2 aromatic carbocycles. The van der Waals surface area contributed by atoms with Crippen LogP contribution in [0.5, 0.6) is 5.75 Å². The molecular formula is C24H27F4NO3. The number of ether oxygens (including phenoxy) is 1. The van der Waals surface area contributed by atoms with Gasteiger partial charge in [0, 0.05) is 30.1 Å². The number of rotatable bonds is 8. The van der Waals surface area contributed by atoms with Crippen LogP contribution in [0.3, 0.4) is 0 Å². The molecule has 0 aromatic heterocycles. The van der Waals surface area contributed by atoms with E-state index in [1.54, 1.807) is 12.1 Å². The molecule has 1 aliphatic rings. The van der Waals surface area contributed by atoms with Crippen molar-refractivity contribution in [2.75, 3.05) is 7.11 Å². The van der Waals surface area contributed by atoms with Gasteiger partial charge < -0.3 is 15.2 Å². The Hall–Kier alpha value is -2.61. The van der Waals surface area contributed by atoms with Crippen LogP contribution in [0.25, 0.3) is 0 Å². The van der Waals surface area contributed by atoms with Gasteiger partial charge in [0.25, 0.3) is 0 Å². The van der Waals surface area contributed by atoms with Gasteiger partial charge in [0.15, 0.2) is 0 Å². The van der Waals surface area contributed by atoms with E-state index in [2.05, 4.69) is 5.32 Å². The quantitative estimate of drug-likeness (QED) is 0.492. The van der Waals surface area contributed by atoms with Crippen molar-refractivity contribution in [3.05, 3.63) is 64.5 Å². The van der Waals surface area contributed by atoms with Gasteiger partial charge in [-0.05, 0) is 61.8 Å². The molecule has 2 N–H and O–H groups in total. The summed E-state index contributed by atoms with van der Waals surface area (Å²) in [5.41, 5.74) is 0.692. The molecule has 1 fully saturated rings. The zero-order valence-corrected chi connectivity index (χ0v) is 18.0. The Morgan fingerprint density at radius 3 is 2.62 bits per heavy atom. The monoisotopic (exact) mass is 453 g/mol. The fourth-order valence-electron chi connectivity index (χ4n) is 4.49. The second-order valence-electron chi connectivity index (χ2n) is 8.29. The molecule has 32 heavy (non-hydrogen) atoms. The molecule has 0 aliphatic heterocycles. The Kier molecular flexibility index (Phi) is 7.44. The summed E-state index contributed by atoms with van der Waals surface area (Å²) in [5, 5.41) is 12.3. The van der Waals surface area contributed by atoms with Crippen LogP contribution in [0.4, 0.5) is 17.6 Å². The lowest BCUT2D eigenvalue weighted by Gasteiger charge is -2.22. The minimum absolute atomic E-state index is 0.00773. The van der Waals surface area contributed by atoms with Crippen LogP contribution >= 0.6 is 0 Å². The van der Waals surface area contributed by atoms with Gasteiger partial charge >= 0.3 is 12.1 Å². The smallest absolute Gasteiger partial charge is 0.416 e. The molecule has 0 heterocycles. The fourth-order valence-corrected chi connectivity index (χ4v) is 4.49. The molecule has 3 unspecified atom stereocenters. The van der Waals surface area contributed by atoms with Crippen LogP contribution in [0.1, 0.15) is 66.8 Å². The summed E-state index contributed by atoms with van der Waals surface area (Å²) in [4.78, 5) is 10.8. The maximum atomic E-state index is 13.6. The summed E-state index contributed by atoms with van der Waals surface area (Å²) in [5.74, 6) is -1.08. The number of nitrogens with one attached hydrogen (secondary N) is 1. The lowest BCUT2D eigenvalue weighted by molar-refractivity contribution is -0.140. The number of methoxy groups -OCH3 is 1. The Bertz CT molecular complexity index is 961. The van der Waals surface area contributed by atoms with Crippen molar-refractivity contribution in [2.45, 2.75) is 63.2 Å². The summed E-state index contributed by atoms with van der Waals surface area (Å²) < 4.78 is 59.5. The maximum Gasteiger partial charge on any atom is 0.416 e. The second-order valence-corrected chi connectivity index (χ2v) is 8.29. The molecule has 3 rings (SSSR count). The van der Waals surface area contributed by atoms with Crippen LogP contribution < -0.4 is 10.1 Å². The van der Waals surface area contributed by atoms with Crippen LogP contribution in [-0.4, -0.2) is 24.2 Å². The van der Waals surface area contributed by atoms with Gasteiger partial charge in [0.2, 0.25) is 0 Å². The van der Waals surface area contributed by atoms with Crippen molar-refractivity contribution in [1.82, 2.24) is 5.32 Å². The first-order valence-corrected chi connectivity index (χ1v) is 10.6. The van der Waals surface area contributed by atoms with E-state index >= 15 is 0 Å². The Balaban J connectivity index is 1.71. The molecule has 0 amide bonds. The van der Waals surface area contributed by atoms with Crippen LogP contribution in [-0.2, 0) is 17.4 Å². The van der Waals surface area contributed by atoms with Gasteiger partial charge in [-0.3, -0.25) is 4.79 Å². The number of hydrogen-bond donors (Lipinski definition) is 2. The number of aliphatic carboxylic acids is 1. The number of carboxylic acid groups (broad SMARTS) is 1. The number of alkyl halides is 3. The number of benzene rings is 2. The number of carbonyl (C=O) groups is 1. The lowest BCUT2D eigenvalue weighted by Crippen LogP contribution is -2.29. The number of hydrogen-bond acceptors (Lipinski definition) is 3. The third-order valence-electron chi connectivity index (χ3n) is 6.10. The molecule has 3 atom stereocenters. The average Bonchev–Trinajstić information content (AvgIpc) is 3.19. The van der Waals surface area contributed by atoms with Crippen molar-refractivity contribution in [3.63, 3.8) is 0 Å². The summed E-state index contributed by atoms with van der Waals surface area (Å²) in [7, 11) is 1.48. The predicted octanol–water partition coefficient (Wildman–Crippen LogP) is 5.86. The Morgan fingerprint density at radius 2 is 1.97 bits per heavy atom. The lowest BCUT2D eigenvalue weighted by atomic mass is 9.92. The average molecular weight is 453 g/mol. The van der Waals surface area contributed by atoms with Crippen LogP contribution in [0.15, 0.2) is 36.4 Å². The molecule has 2 aromatic rings. The SMILES string of the molecule is COc1cc(F)ccc1C(C)NC1CCC(c2ccc(CCC(=O)O)c(C(F)(F)F)c2)C1. The summed E-state index contributed by atoms with van der Waals surface area (Å²) >= 11 is 0. The highest BCUT2D eigenvalue weighted by Gasteiger charge is 2.35. The van der Waals surface area contributed by atoms with E-state index < -0.39 is 17.7 Å². The maximum absolute atomic E-state index is 13.6. The second kappa shape index (κ2) is 9.90. The van der Waals surface area contributed by atoms with Crippen molar-refractivity contribution in [1.29, 1.82) is 0 Å². The first-order chi connectivity index (χ1) is 15.1.